The molecular formula is C14H12O2. The van der Waals surface area contributed by atoms with Crippen LogP contribution in [0.15, 0.2) is 48.6 Å². The number of hydrogen-bond acceptors (Lipinski definition) is 2. The van der Waals surface area contributed by atoms with Gasteiger partial charge < -0.3 is 5.11 Å². The van der Waals surface area contributed by atoms with Crippen molar-refractivity contribution in [3.63, 3.8) is 0 Å². The van der Waals surface area contributed by atoms with Crippen molar-refractivity contribution in [2.24, 2.45) is 0 Å². The van der Waals surface area contributed by atoms with Crippen molar-refractivity contribution < 1.29 is 9.90 Å². The van der Waals surface area contributed by atoms with E-state index in [-0.39, 0.29) is 18.0 Å². The van der Waals surface area contributed by atoms with Crippen molar-refractivity contribution in [1.29, 1.82) is 0 Å². The first kappa shape index (κ1) is 11.8. The van der Waals surface area contributed by atoms with Crippen LogP contribution in [0.3, 0.4) is 0 Å². The number of aromatic hydroxyl groups is 1. The van der Waals surface area contributed by atoms with E-state index in [9.17, 15) is 9.90 Å². The molecule has 1 N–H and O–H groups in total. The molecule has 0 spiro atoms. The Labute approximate surface area is 94.9 Å². The van der Waals surface area contributed by atoms with Gasteiger partial charge in [-0.05, 0) is 18.2 Å². The normalized spacial score (nSPS) is 10.7. The van der Waals surface area contributed by atoms with E-state index in [2.05, 4.69) is 5.92 Å². The Balaban J connectivity index is 2.61. The number of terminal acetylenes is 1. The van der Waals surface area contributed by atoms with E-state index in [1.54, 1.807) is 42.5 Å². The van der Waals surface area contributed by atoms with Crippen LogP contribution in [0.5, 0.6) is 5.75 Å². The van der Waals surface area contributed by atoms with Gasteiger partial charge in [-0.3, -0.25) is 4.79 Å². The summed E-state index contributed by atoms with van der Waals surface area (Å²) in [5.41, 5.74) is 0.341. The molecule has 0 saturated heterocycles. The number of allylic oxidation sites excluding steroid dienone is 4. The smallest absolute Gasteiger partial charge is 0.170 e. The van der Waals surface area contributed by atoms with Crippen LogP contribution < -0.4 is 0 Å². The second-order valence-corrected chi connectivity index (χ2v) is 3.10. The van der Waals surface area contributed by atoms with Crippen molar-refractivity contribution >= 4 is 5.78 Å². The Bertz CT molecular complexity index is 462. The van der Waals surface area contributed by atoms with Gasteiger partial charge in [-0.25, -0.2) is 0 Å². The summed E-state index contributed by atoms with van der Waals surface area (Å²) in [7, 11) is 0. The van der Waals surface area contributed by atoms with Crippen molar-refractivity contribution in [2.45, 2.75) is 6.42 Å². The first-order chi connectivity index (χ1) is 7.75. The lowest BCUT2D eigenvalue weighted by Gasteiger charge is -1.99. The van der Waals surface area contributed by atoms with E-state index in [0.29, 0.717) is 5.56 Å². The van der Waals surface area contributed by atoms with Gasteiger partial charge in [0.2, 0.25) is 0 Å². The van der Waals surface area contributed by atoms with E-state index >= 15 is 0 Å². The minimum atomic E-state index is -0.122. The summed E-state index contributed by atoms with van der Waals surface area (Å²) in [4.78, 5) is 11.6. The summed E-state index contributed by atoms with van der Waals surface area (Å²) >= 11 is 0. The molecule has 0 saturated carbocycles. The summed E-state index contributed by atoms with van der Waals surface area (Å²) in [6, 6.07) is 6.49. The summed E-state index contributed by atoms with van der Waals surface area (Å²) in [5, 5.41) is 9.44. The predicted octanol–water partition coefficient (Wildman–Crippen LogP) is 2.71. The van der Waals surface area contributed by atoms with Gasteiger partial charge in [0.05, 0.1) is 5.56 Å². The van der Waals surface area contributed by atoms with Gasteiger partial charge in [0.15, 0.2) is 5.78 Å². The van der Waals surface area contributed by atoms with Crippen LogP contribution in [0.4, 0.5) is 0 Å². The van der Waals surface area contributed by atoms with Gasteiger partial charge in [-0.1, -0.05) is 36.3 Å². The number of carbonyl (C=O) groups is 1. The molecular weight excluding hydrogens is 200 g/mol. The Morgan fingerprint density at radius 2 is 2.12 bits per heavy atom. The Hall–Kier alpha value is -2.27. The van der Waals surface area contributed by atoms with Crippen LogP contribution in [0, 0.1) is 12.3 Å². The molecule has 16 heavy (non-hydrogen) atoms. The number of hydrogen-bond donors (Lipinski definition) is 1. The van der Waals surface area contributed by atoms with Gasteiger partial charge in [0, 0.05) is 6.42 Å². The minimum Gasteiger partial charge on any atom is -0.507 e. The Morgan fingerprint density at radius 3 is 2.81 bits per heavy atom. The fraction of sp³-hybridized carbons (Fsp3) is 0.0714. The third-order valence-electron chi connectivity index (χ3n) is 1.95. The fourth-order valence-electron chi connectivity index (χ4n) is 1.18. The fourth-order valence-corrected chi connectivity index (χ4v) is 1.18. The summed E-state index contributed by atoms with van der Waals surface area (Å²) < 4.78 is 0. The van der Waals surface area contributed by atoms with E-state index in [1.807, 2.05) is 0 Å². The monoisotopic (exact) mass is 212 g/mol. The van der Waals surface area contributed by atoms with Crippen molar-refractivity contribution in [2.75, 3.05) is 0 Å². The highest BCUT2D eigenvalue weighted by Crippen LogP contribution is 2.17. The molecule has 0 heterocycles. The zero-order valence-electron chi connectivity index (χ0n) is 8.76. The molecule has 0 aromatic heterocycles. The second-order valence-electron chi connectivity index (χ2n) is 3.10. The number of phenols is 1. The van der Waals surface area contributed by atoms with Gasteiger partial charge in [0.25, 0.3) is 0 Å². The highest BCUT2D eigenvalue weighted by molar-refractivity contribution is 5.99. The number of benzene rings is 1. The molecule has 1 rings (SSSR count). The van der Waals surface area contributed by atoms with E-state index in [4.69, 9.17) is 6.42 Å². The Kier molecular flexibility index (Phi) is 4.62. The highest BCUT2D eigenvalue weighted by Gasteiger charge is 2.07. The van der Waals surface area contributed by atoms with Crippen molar-refractivity contribution in [3.05, 3.63) is 54.1 Å². The largest absolute Gasteiger partial charge is 0.507 e. The van der Waals surface area contributed by atoms with Crippen LogP contribution >= 0.6 is 0 Å². The van der Waals surface area contributed by atoms with Crippen LogP contribution in [-0.2, 0) is 0 Å². The highest BCUT2D eigenvalue weighted by atomic mass is 16.3. The number of ketones is 1. The van der Waals surface area contributed by atoms with Crippen LogP contribution in [0.25, 0.3) is 0 Å². The van der Waals surface area contributed by atoms with E-state index < -0.39 is 0 Å². The molecule has 0 amide bonds. The lowest BCUT2D eigenvalue weighted by molar-refractivity contribution is 0.0993. The van der Waals surface area contributed by atoms with E-state index in [1.165, 1.54) is 6.07 Å². The average Bonchev–Trinajstić information content (AvgIpc) is 2.29. The van der Waals surface area contributed by atoms with Crippen LogP contribution in [0.2, 0.25) is 0 Å². The molecule has 2 heteroatoms. The molecule has 1 aromatic carbocycles. The second kappa shape index (κ2) is 6.26. The maximum atomic E-state index is 11.6. The Morgan fingerprint density at radius 1 is 1.38 bits per heavy atom. The maximum absolute atomic E-state index is 11.6. The topological polar surface area (TPSA) is 37.3 Å². The molecule has 0 aliphatic carbocycles. The minimum absolute atomic E-state index is 0.0140. The van der Waals surface area contributed by atoms with Gasteiger partial charge in [-0.15, -0.1) is 6.42 Å². The number of rotatable bonds is 4. The molecule has 0 fully saturated rings. The molecule has 2 nitrogen and oxygen atoms in total. The van der Waals surface area contributed by atoms with Gasteiger partial charge in [-0.2, -0.15) is 0 Å². The van der Waals surface area contributed by atoms with Crippen molar-refractivity contribution in [3.8, 4) is 18.1 Å². The first-order valence-electron chi connectivity index (χ1n) is 4.84. The molecule has 0 aliphatic rings. The maximum Gasteiger partial charge on any atom is 0.170 e. The molecule has 80 valence electrons. The molecule has 0 aliphatic heterocycles. The lowest BCUT2D eigenvalue weighted by Crippen LogP contribution is -1.96. The zero-order valence-corrected chi connectivity index (χ0v) is 8.76. The molecule has 1 aromatic rings. The number of Topliss-reactive ketones (excluding diaryl/α,β-unsaturated/α-hetero) is 1. The average molecular weight is 212 g/mol. The summed E-state index contributed by atoms with van der Waals surface area (Å²) in [6.07, 6.45) is 11.9. The SMILES string of the molecule is C#C/C=C\C=C/CC(=O)c1ccccc1O. The number of phenolic OH excluding ortho intramolecular Hbond substituents is 1. The number of carbonyl (C=O) groups excluding carboxylic acids is 1. The van der Waals surface area contributed by atoms with Crippen molar-refractivity contribution in [1.82, 2.24) is 0 Å². The summed E-state index contributed by atoms with van der Waals surface area (Å²) in [5.74, 6) is 2.23. The number of para-hydroxylation sites is 1. The molecule has 0 radical (unpaired) electrons. The van der Waals surface area contributed by atoms with Gasteiger partial charge in [0.1, 0.15) is 5.75 Å². The quantitative estimate of drug-likeness (QED) is 0.473. The zero-order chi connectivity index (χ0) is 11.8. The molecule has 0 atom stereocenters. The third kappa shape index (κ3) is 3.47. The van der Waals surface area contributed by atoms with Crippen LogP contribution in [-0.4, -0.2) is 10.9 Å². The van der Waals surface area contributed by atoms with E-state index in [0.717, 1.165) is 0 Å². The lowest BCUT2D eigenvalue weighted by atomic mass is 10.1. The summed E-state index contributed by atoms with van der Waals surface area (Å²) in [6.45, 7) is 0. The third-order valence-corrected chi connectivity index (χ3v) is 1.95. The van der Waals surface area contributed by atoms with Crippen LogP contribution in [0.1, 0.15) is 16.8 Å². The molecule has 0 unspecified atom stereocenters. The van der Waals surface area contributed by atoms with Gasteiger partial charge >= 0.3 is 0 Å². The first-order valence-corrected chi connectivity index (χ1v) is 4.84. The predicted molar refractivity (Wildman–Crippen MR) is 64.2 cm³/mol. The molecule has 0 bridgehead atoms. The standard InChI is InChI=1S/C14H12O2/c1-2-3-4-5-6-10-13(15)12-9-7-8-11-14(12)16/h1,3-9,11,16H,10H2/b4-3-,6-5-.